The Labute approximate surface area is 178 Å². The Morgan fingerprint density at radius 2 is 1.90 bits per heavy atom. The Morgan fingerprint density at radius 3 is 2.70 bits per heavy atom. The van der Waals surface area contributed by atoms with Gasteiger partial charge in [0, 0.05) is 4.88 Å². The summed E-state index contributed by atoms with van der Waals surface area (Å²) in [5.41, 5.74) is 1.50. The number of ether oxygens (including phenoxy) is 2. The topological polar surface area (TPSA) is 77.8 Å². The third-order valence-corrected chi connectivity index (χ3v) is 6.09. The molecule has 4 rings (SSSR count). The number of fused-ring (bicyclic) bond motifs is 1. The zero-order valence-corrected chi connectivity index (χ0v) is 17.6. The van der Waals surface area contributed by atoms with Crippen molar-refractivity contribution in [1.82, 2.24) is 0 Å². The maximum absolute atomic E-state index is 12.8. The van der Waals surface area contributed by atoms with E-state index >= 15 is 0 Å². The van der Waals surface area contributed by atoms with E-state index in [-0.39, 0.29) is 18.3 Å². The van der Waals surface area contributed by atoms with Crippen molar-refractivity contribution >= 4 is 28.2 Å². The first-order valence-electron chi connectivity index (χ1n) is 10.0. The van der Waals surface area contributed by atoms with Crippen LogP contribution < -0.4 is 10.1 Å². The van der Waals surface area contributed by atoms with E-state index in [2.05, 4.69) is 5.32 Å². The second-order valence-corrected chi connectivity index (χ2v) is 8.06. The van der Waals surface area contributed by atoms with E-state index in [0.29, 0.717) is 22.9 Å². The number of esters is 1. The summed E-state index contributed by atoms with van der Waals surface area (Å²) in [6, 6.07) is 12.7. The SMILES string of the molecule is CCOC(=O)c1c(NC(=O)c2ccc(COc3ccccc3)o2)sc2c1CCCC2. The van der Waals surface area contributed by atoms with Gasteiger partial charge in [-0.05, 0) is 62.4 Å². The van der Waals surface area contributed by atoms with E-state index in [9.17, 15) is 9.59 Å². The molecule has 0 spiro atoms. The summed E-state index contributed by atoms with van der Waals surface area (Å²) >= 11 is 1.45. The number of nitrogens with one attached hydrogen (secondary N) is 1. The minimum atomic E-state index is -0.398. The first-order valence-corrected chi connectivity index (χ1v) is 10.9. The molecule has 30 heavy (non-hydrogen) atoms. The molecule has 0 aliphatic heterocycles. The van der Waals surface area contributed by atoms with Gasteiger partial charge in [-0.3, -0.25) is 4.79 Å². The molecule has 1 aliphatic carbocycles. The molecular weight excluding hydrogens is 402 g/mol. The number of anilines is 1. The Hall–Kier alpha value is -3.06. The number of para-hydroxylation sites is 1. The van der Waals surface area contributed by atoms with Crippen molar-refractivity contribution in [3.8, 4) is 5.75 Å². The van der Waals surface area contributed by atoms with E-state index < -0.39 is 5.91 Å². The molecule has 1 aromatic carbocycles. The van der Waals surface area contributed by atoms with Crippen molar-refractivity contribution in [2.75, 3.05) is 11.9 Å². The molecule has 2 heterocycles. The standard InChI is InChI=1S/C23H23NO5S/c1-2-27-23(26)20-17-10-6-7-11-19(17)30-22(20)24-21(25)18-13-12-16(29-18)14-28-15-8-4-3-5-9-15/h3-5,8-9,12-13H,2,6-7,10-11,14H2,1H3,(H,24,25). The number of carbonyl (C=O) groups is 2. The van der Waals surface area contributed by atoms with Crippen LogP contribution in [0.5, 0.6) is 5.75 Å². The number of hydrogen-bond donors (Lipinski definition) is 1. The van der Waals surface area contributed by atoms with Crippen molar-refractivity contribution in [3.63, 3.8) is 0 Å². The van der Waals surface area contributed by atoms with Gasteiger partial charge in [0.15, 0.2) is 5.76 Å². The highest BCUT2D eigenvalue weighted by Crippen LogP contribution is 2.38. The molecular formula is C23H23NO5S. The van der Waals surface area contributed by atoms with Gasteiger partial charge >= 0.3 is 5.97 Å². The van der Waals surface area contributed by atoms with Gasteiger partial charge in [0.05, 0.1) is 12.2 Å². The summed E-state index contributed by atoms with van der Waals surface area (Å²) in [4.78, 5) is 26.4. The minimum Gasteiger partial charge on any atom is -0.486 e. The van der Waals surface area contributed by atoms with E-state index in [1.54, 1.807) is 19.1 Å². The molecule has 2 aromatic heterocycles. The molecule has 0 atom stereocenters. The molecule has 6 nitrogen and oxygen atoms in total. The maximum Gasteiger partial charge on any atom is 0.341 e. The van der Waals surface area contributed by atoms with Crippen LogP contribution in [0.25, 0.3) is 0 Å². The fraction of sp³-hybridized carbons (Fsp3) is 0.304. The molecule has 156 valence electrons. The largest absolute Gasteiger partial charge is 0.486 e. The molecule has 1 N–H and O–H groups in total. The monoisotopic (exact) mass is 425 g/mol. The highest BCUT2D eigenvalue weighted by molar-refractivity contribution is 7.17. The maximum atomic E-state index is 12.8. The van der Waals surface area contributed by atoms with Gasteiger partial charge in [0.25, 0.3) is 5.91 Å². The molecule has 0 fully saturated rings. The average molecular weight is 426 g/mol. The second-order valence-electron chi connectivity index (χ2n) is 6.96. The summed E-state index contributed by atoms with van der Waals surface area (Å²) < 4.78 is 16.5. The van der Waals surface area contributed by atoms with Gasteiger partial charge in [-0.25, -0.2) is 4.79 Å². The van der Waals surface area contributed by atoms with E-state index in [1.165, 1.54) is 11.3 Å². The van der Waals surface area contributed by atoms with Crippen LogP contribution in [-0.4, -0.2) is 18.5 Å². The molecule has 0 bridgehead atoms. The Morgan fingerprint density at radius 1 is 1.10 bits per heavy atom. The fourth-order valence-corrected chi connectivity index (χ4v) is 4.76. The molecule has 0 unspecified atom stereocenters. The first kappa shape index (κ1) is 20.2. The van der Waals surface area contributed by atoms with E-state index in [0.717, 1.165) is 41.9 Å². The van der Waals surface area contributed by atoms with Crippen molar-refractivity contribution in [2.24, 2.45) is 0 Å². The van der Waals surface area contributed by atoms with Crippen LogP contribution in [0.2, 0.25) is 0 Å². The number of carbonyl (C=O) groups excluding carboxylic acids is 2. The third-order valence-electron chi connectivity index (χ3n) is 4.89. The van der Waals surface area contributed by atoms with Gasteiger partial charge in [-0.1, -0.05) is 18.2 Å². The van der Waals surface area contributed by atoms with Crippen LogP contribution in [0.1, 0.15) is 56.9 Å². The lowest BCUT2D eigenvalue weighted by atomic mass is 9.95. The van der Waals surface area contributed by atoms with Gasteiger partial charge in [-0.15, -0.1) is 11.3 Å². The third kappa shape index (κ3) is 4.41. The van der Waals surface area contributed by atoms with Crippen molar-refractivity contribution < 1.29 is 23.5 Å². The normalized spacial score (nSPS) is 12.8. The summed E-state index contributed by atoms with van der Waals surface area (Å²) in [5, 5.41) is 3.39. The first-order chi connectivity index (χ1) is 14.7. The summed E-state index contributed by atoms with van der Waals surface area (Å²) in [6.45, 7) is 2.29. The van der Waals surface area contributed by atoms with Gasteiger partial charge in [0.1, 0.15) is 23.1 Å². The highest BCUT2D eigenvalue weighted by atomic mass is 32.1. The number of rotatable bonds is 7. The van der Waals surface area contributed by atoms with E-state index in [4.69, 9.17) is 13.9 Å². The van der Waals surface area contributed by atoms with Crippen molar-refractivity contribution in [1.29, 1.82) is 0 Å². The fourth-order valence-electron chi connectivity index (χ4n) is 3.49. The predicted octanol–water partition coefficient (Wildman–Crippen LogP) is 5.23. The van der Waals surface area contributed by atoms with E-state index in [1.807, 2.05) is 30.3 Å². The molecule has 0 saturated heterocycles. The zero-order chi connectivity index (χ0) is 20.9. The van der Waals surface area contributed by atoms with Gasteiger partial charge in [0.2, 0.25) is 0 Å². The summed E-state index contributed by atoms with van der Waals surface area (Å²) in [7, 11) is 0. The molecule has 3 aromatic rings. The lowest BCUT2D eigenvalue weighted by Gasteiger charge is -2.12. The van der Waals surface area contributed by atoms with Gasteiger partial charge in [-0.2, -0.15) is 0 Å². The molecule has 1 aliphatic rings. The summed E-state index contributed by atoms with van der Waals surface area (Å²) in [6.07, 6.45) is 3.88. The number of benzene rings is 1. The van der Waals surface area contributed by atoms with Crippen LogP contribution in [0.4, 0.5) is 5.00 Å². The minimum absolute atomic E-state index is 0.169. The number of furan rings is 1. The molecule has 0 saturated carbocycles. The number of aryl methyl sites for hydroxylation is 1. The lowest BCUT2D eigenvalue weighted by Crippen LogP contribution is -2.15. The van der Waals surface area contributed by atoms with Crippen LogP contribution >= 0.6 is 11.3 Å². The Balaban J connectivity index is 1.48. The van der Waals surface area contributed by atoms with Crippen molar-refractivity contribution in [2.45, 2.75) is 39.2 Å². The molecule has 1 amide bonds. The van der Waals surface area contributed by atoms with Crippen LogP contribution in [0.3, 0.4) is 0 Å². The van der Waals surface area contributed by atoms with Crippen LogP contribution in [0.15, 0.2) is 46.9 Å². The summed E-state index contributed by atoms with van der Waals surface area (Å²) in [5.74, 6) is 0.653. The number of amides is 1. The second kappa shape index (κ2) is 9.17. The average Bonchev–Trinajstić information content (AvgIpc) is 3.37. The van der Waals surface area contributed by atoms with Crippen LogP contribution in [0, 0.1) is 0 Å². The van der Waals surface area contributed by atoms with Crippen LogP contribution in [-0.2, 0) is 24.2 Å². The smallest absolute Gasteiger partial charge is 0.341 e. The lowest BCUT2D eigenvalue weighted by molar-refractivity contribution is 0.0526. The number of thiophene rings is 1. The highest BCUT2D eigenvalue weighted by Gasteiger charge is 2.28. The quantitative estimate of drug-likeness (QED) is 0.525. The molecule has 7 heteroatoms. The molecule has 0 radical (unpaired) electrons. The number of hydrogen-bond acceptors (Lipinski definition) is 6. The van der Waals surface area contributed by atoms with Gasteiger partial charge < -0.3 is 19.2 Å². The Kier molecular flexibility index (Phi) is 6.18. The zero-order valence-electron chi connectivity index (χ0n) is 16.7. The predicted molar refractivity (Wildman–Crippen MR) is 114 cm³/mol. The Bertz CT molecular complexity index is 1040. The van der Waals surface area contributed by atoms with Crippen molar-refractivity contribution in [3.05, 3.63) is 70.0 Å².